The van der Waals surface area contributed by atoms with Crippen LogP contribution >= 0.6 is 11.8 Å². The number of imidazole rings is 1. The number of sulfonamides is 1. The normalized spacial score (nSPS) is 13.8. The van der Waals surface area contributed by atoms with Crippen molar-refractivity contribution in [1.29, 1.82) is 0 Å². The SMILES string of the molecule is CCSCC(C)NS(=O)(=O)c1cnc(CC)[nH]1. The van der Waals surface area contributed by atoms with Crippen LogP contribution in [-0.2, 0) is 16.4 Å². The second kappa shape index (κ2) is 6.42. The van der Waals surface area contributed by atoms with E-state index in [-0.39, 0.29) is 11.1 Å². The van der Waals surface area contributed by atoms with Crippen LogP contribution < -0.4 is 4.72 Å². The summed E-state index contributed by atoms with van der Waals surface area (Å²) in [6.07, 6.45) is 2.05. The summed E-state index contributed by atoms with van der Waals surface area (Å²) in [4.78, 5) is 6.79. The van der Waals surface area contributed by atoms with E-state index in [1.165, 1.54) is 6.20 Å². The lowest BCUT2D eigenvalue weighted by Gasteiger charge is -2.12. The number of thioether (sulfide) groups is 1. The number of aromatic amines is 1. The zero-order valence-corrected chi connectivity index (χ0v) is 12.0. The van der Waals surface area contributed by atoms with Gasteiger partial charge in [0.2, 0.25) is 0 Å². The molecule has 7 heteroatoms. The molecule has 0 aliphatic rings. The molecule has 1 rings (SSSR count). The summed E-state index contributed by atoms with van der Waals surface area (Å²) in [5, 5.41) is 0.141. The lowest BCUT2D eigenvalue weighted by atomic mass is 10.4. The van der Waals surface area contributed by atoms with Crippen LogP contribution in [0.15, 0.2) is 11.2 Å². The molecule has 1 aromatic rings. The molecule has 98 valence electrons. The van der Waals surface area contributed by atoms with Crippen molar-refractivity contribution in [3.8, 4) is 0 Å². The molecule has 0 spiro atoms. The van der Waals surface area contributed by atoms with Crippen molar-refractivity contribution in [2.24, 2.45) is 0 Å². The number of aromatic nitrogens is 2. The molecule has 0 radical (unpaired) electrons. The maximum Gasteiger partial charge on any atom is 0.257 e. The van der Waals surface area contributed by atoms with E-state index in [1.54, 1.807) is 11.8 Å². The van der Waals surface area contributed by atoms with E-state index in [1.807, 2.05) is 20.8 Å². The molecule has 1 atom stereocenters. The second-order valence-corrected chi connectivity index (χ2v) is 6.73. The first kappa shape index (κ1) is 14.5. The van der Waals surface area contributed by atoms with Gasteiger partial charge in [-0.15, -0.1) is 0 Å². The Morgan fingerprint density at radius 1 is 1.53 bits per heavy atom. The van der Waals surface area contributed by atoms with Gasteiger partial charge in [-0.2, -0.15) is 11.8 Å². The van der Waals surface area contributed by atoms with E-state index in [9.17, 15) is 8.42 Å². The first-order chi connectivity index (χ1) is 7.99. The first-order valence-corrected chi connectivity index (χ1v) is 8.27. The van der Waals surface area contributed by atoms with Gasteiger partial charge in [0.05, 0.1) is 6.20 Å². The van der Waals surface area contributed by atoms with Crippen LogP contribution in [0.5, 0.6) is 0 Å². The van der Waals surface area contributed by atoms with E-state index in [0.29, 0.717) is 12.2 Å². The van der Waals surface area contributed by atoms with E-state index in [4.69, 9.17) is 0 Å². The van der Waals surface area contributed by atoms with Gasteiger partial charge in [-0.1, -0.05) is 13.8 Å². The number of nitrogens with zero attached hydrogens (tertiary/aromatic N) is 1. The van der Waals surface area contributed by atoms with Gasteiger partial charge in [0.1, 0.15) is 5.82 Å². The molecule has 0 saturated heterocycles. The number of hydrogen-bond acceptors (Lipinski definition) is 4. The minimum atomic E-state index is -3.46. The fraction of sp³-hybridized carbons (Fsp3) is 0.700. The molecule has 1 aromatic heterocycles. The summed E-state index contributed by atoms with van der Waals surface area (Å²) < 4.78 is 26.5. The smallest absolute Gasteiger partial charge is 0.257 e. The first-order valence-electron chi connectivity index (χ1n) is 5.63. The summed E-state index contributed by atoms with van der Waals surface area (Å²) in [5.74, 6) is 2.43. The van der Waals surface area contributed by atoms with Crippen molar-refractivity contribution in [2.75, 3.05) is 11.5 Å². The lowest BCUT2D eigenvalue weighted by Crippen LogP contribution is -2.34. The molecule has 1 unspecified atom stereocenters. The van der Waals surface area contributed by atoms with Gasteiger partial charge in [-0.25, -0.2) is 18.1 Å². The molecule has 0 fully saturated rings. The van der Waals surface area contributed by atoms with Crippen LogP contribution in [-0.4, -0.2) is 35.9 Å². The Balaban J connectivity index is 2.68. The molecule has 0 saturated carbocycles. The number of rotatable bonds is 7. The van der Waals surface area contributed by atoms with Crippen LogP contribution in [0.2, 0.25) is 0 Å². The summed E-state index contributed by atoms with van der Waals surface area (Å²) in [6, 6.07) is -0.0849. The van der Waals surface area contributed by atoms with Crippen LogP contribution in [0.3, 0.4) is 0 Å². The Kier molecular flexibility index (Phi) is 5.48. The Labute approximate surface area is 107 Å². The fourth-order valence-corrected chi connectivity index (χ4v) is 3.28. The molecule has 2 N–H and O–H groups in total. The van der Waals surface area contributed by atoms with E-state index in [0.717, 1.165) is 11.5 Å². The predicted octanol–water partition coefficient (Wildman–Crippen LogP) is 1.39. The van der Waals surface area contributed by atoms with Gasteiger partial charge in [-0.3, -0.25) is 0 Å². The highest BCUT2D eigenvalue weighted by Gasteiger charge is 2.19. The molecular weight excluding hydrogens is 258 g/mol. The van der Waals surface area contributed by atoms with Crippen molar-refractivity contribution in [2.45, 2.75) is 38.3 Å². The van der Waals surface area contributed by atoms with Gasteiger partial charge in [0.25, 0.3) is 10.0 Å². The van der Waals surface area contributed by atoms with Crippen LogP contribution in [0.1, 0.15) is 26.6 Å². The summed E-state index contributed by atoms with van der Waals surface area (Å²) >= 11 is 1.71. The van der Waals surface area contributed by atoms with Crippen molar-refractivity contribution >= 4 is 21.8 Å². The molecule has 0 aliphatic carbocycles. The summed E-state index contributed by atoms with van der Waals surface area (Å²) in [7, 11) is -3.46. The second-order valence-electron chi connectivity index (χ2n) is 3.73. The average molecular weight is 277 g/mol. The zero-order chi connectivity index (χ0) is 12.9. The largest absolute Gasteiger partial charge is 0.332 e. The molecular formula is C10H19N3O2S2. The molecule has 0 aromatic carbocycles. The molecule has 17 heavy (non-hydrogen) atoms. The highest BCUT2D eigenvalue weighted by atomic mass is 32.2. The Bertz CT molecular complexity index is 442. The number of nitrogens with one attached hydrogen (secondary N) is 2. The van der Waals surface area contributed by atoms with E-state index >= 15 is 0 Å². The van der Waals surface area contributed by atoms with Crippen molar-refractivity contribution in [3.63, 3.8) is 0 Å². The minimum absolute atomic E-state index is 0.0849. The number of hydrogen-bond donors (Lipinski definition) is 2. The van der Waals surface area contributed by atoms with Crippen LogP contribution in [0, 0.1) is 0 Å². The van der Waals surface area contributed by atoms with Crippen molar-refractivity contribution in [3.05, 3.63) is 12.0 Å². The van der Waals surface area contributed by atoms with Crippen molar-refractivity contribution in [1.82, 2.24) is 14.7 Å². The van der Waals surface area contributed by atoms with Crippen LogP contribution in [0.4, 0.5) is 0 Å². The maximum atomic E-state index is 11.9. The number of aryl methyl sites for hydroxylation is 1. The van der Waals surface area contributed by atoms with E-state index in [2.05, 4.69) is 14.7 Å². The maximum absolute atomic E-state index is 11.9. The van der Waals surface area contributed by atoms with Gasteiger partial charge in [-0.05, 0) is 12.7 Å². The summed E-state index contributed by atoms with van der Waals surface area (Å²) in [6.45, 7) is 5.83. The Hall–Kier alpha value is -0.530. The molecule has 5 nitrogen and oxygen atoms in total. The Morgan fingerprint density at radius 3 is 2.76 bits per heavy atom. The highest BCUT2D eigenvalue weighted by Crippen LogP contribution is 2.09. The van der Waals surface area contributed by atoms with E-state index < -0.39 is 10.0 Å². The van der Waals surface area contributed by atoms with Crippen LogP contribution in [0.25, 0.3) is 0 Å². The monoisotopic (exact) mass is 277 g/mol. The van der Waals surface area contributed by atoms with Gasteiger partial charge in [0.15, 0.2) is 5.03 Å². The highest BCUT2D eigenvalue weighted by molar-refractivity contribution is 7.99. The average Bonchev–Trinajstić information content (AvgIpc) is 2.75. The third-order valence-corrected chi connectivity index (χ3v) is 4.80. The lowest BCUT2D eigenvalue weighted by molar-refractivity contribution is 0.567. The molecule has 0 aliphatic heterocycles. The number of H-pyrrole nitrogens is 1. The van der Waals surface area contributed by atoms with Gasteiger partial charge in [0, 0.05) is 18.2 Å². The Morgan fingerprint density at radius 2 is 2.24 bits per heavy atom. The topological polar surface area (TPSA) is 74.8 Å². The van der Waals surface area contributed by atoms with Gasteiger partial charge < -0.3 is 4.98 Å². The molecule has 1 heterocycles. The zero-order valence-electron chi connectivity index (χ0n) is 10.4. The standard InChI is InChI=1S/C10H19N3O2S2/c1-4-9-11-6-10(12-9)17(14,15)13-8(3)7-16-5-2/h6,8,13H,4-5,7H2,1-3H3,(H,11,12). The third kappa shape index (κ3) is 4.33. The quantitative estimate of drug-likeness (QED) is 0.790. The predicted molar refractivity (Wildman–Crippen MR) is 70.7 cm³/mol. The molecule has 0 amide bonds. The van der Waals surface area contributed by atoms with Crippen molar-refractivity contribution < 1.29 is 8.42 Å². The minimum Gasteiger partial charge on any atom is -0.332 e. The third-order valence-electron chi connectivity index (χ3n) is 2.16. The summed E-state index contributed by atoms with van der Waals surface area (Å²) in [5.41, 5.74) is 0. The fourth-order valence-electron chi connectivity index (χ4n) is 1.32. The van der Waals surface area contributed by atoms with Gasteiger partial charge >= 0.3 is 0 Å². The molecule has 0 bridgehead atoms.